The fourth-order valence-corrected chi connectivity index (χ4v) is 5.67. The smallest absolute Gasteiger partial charge is 0.344 e. The first-order valence-corrected chi connectivity index (χ1v) is 13.6. The summed E-state index contributed by atoms with van der Waals surface area (Å²) in [6, 6.07) is 10.7. The van der Waals surface area contributed by atoms with Crippen LogP contribution in [0, 0.1) is 24.7 Å². The van der Waals surface area contributed by atoms with Crippen molar-refractivity contribution in [2.75, 3.05) is 18.4 Å². The summed E-state index contributed by atoms with van der Waals surface area (Å²) in [7, 11) is -2.58. The van der Waals surface area contributed by atoms with Crippen LogP contribution >= 0.6 is 0 Å². The van der Waals surface area contributed by atoms with Crippen LogP contribution in [0.3, 0.4) is 0 Å². The topological polar surface area (TPSA) is 108 Å². The lowest BCUT2D eigenvalue weighted by molar-refractivity contribution is -0.159. The molecule has 0 amide bonds. The second-order valence-corrected chi connectivity index (χ2v) is 11.4. The monoisotopic (exact) mass is 517 g/mol. The number of aryl methyl sites for hydroxylation is 1. The van der Waals surface area contributed by atoms with Crippen LogP contribution in [0.1, 0.15) is 56.0 Å². The predicted molar refractivity (Wildman–Crippen MR) is 136 cm³/mol. The van der Waals surface area contributed by atoms with Crippen molar-refractivity contribution in [1.29, 1.82) is 0 Å². The van der Waals surface area contributed by atoms with Gasteiger partial charge in [-0.2, -0.15) is 0 Å². The van der Waals surface area contributed by atoms with Gasteiger partial charge in [0.25, 0.3) is 10.0 Å². The third-order valence-electron chi connectivity index (χ3n) is 6.66. The van der Waals surface area contributed by atoms with E-state index in [4.69, 9.17) is 14.2 Å². The SMILES string of the molecule is COc1ccccc1NS(=O)(=O)c1ccc(C)c(C(=O)OCC(=O)O[C@@H]2C[C@H](C)CC[C@@H]2C(C)C)c1. The third kappa shape index (κ3) is 6.78. The number of methoxy groups -OCH3 is 1. The molecule has 1 saturated carbocycles. The minimum absolute atomic E-state index is 0.0528. The van der Waals surface area contributed by atoms with Gasteiger partial charge in [0.15, 0.2) is 6.61 Å². The van der Waals surface area contributed by atoms with E-state index in [2.05, 4.69) is 25.5 Å². The molecule has 1 aliphatic rings. The Hall–Kier alpha value is -3.07. The van der Waals surface area contributed by atoms with E-state index in [0.717, 1.165) is 19.3 Å². The molecule has 1 aliphatic carbocycles. The van der Waals surface area contributed by atoms with Crippen molar-refractivity contribution in [2.24, 2.45) is 17.8 Å². The first-order chi connectivity index (χ1) is 17.0. The Bertz CT molecular complexity index is 1190. The average molecular weight is 518 g/mol. The summed E-state index contributed by atoms with van der Waals surface area (Å²) in [5, 5.41) is 0. The molecule has 2 aromatic rings. The molecule has 8 nitrogen and oxygen atoms in total. The second-order valence-electron chi connectivity index (χ2n) is 9.71. The van der Waals surface area contributed by atoms with Crippen LogP contribution in [0.2, 0.25) is 0 Å². The highest BCUT2D eigenvalue weighted by atomic mass is 32.2. The van der Waals surface area contributed by atoms with Crippen LogP contribution in [-0.4, -0.2) is 40.2 Å². The molecule has 2 aromatic carbocycles. The Kier molecular flexibility index (Phi) is 9.00. The molecule has 196 valence electrons. The normalized spacial score (nSPS) is 20.0. The molecular formula is C27H35NO7S. The molecule has 0 spiro atoms. The van der Waals surface area contributed by atoms with Gasteiger partial charge in [-0.15, -0.1) is 0 Å². The van der Waals surface area contributed by atoms with E-state index in [9.17, 15) is 18.0 Å². The Morgan fingerprint density at radius 1 is 1.11 bits per heavy atom. The zero-order valence-electron chi connectivity index (χ0n) is 21.4. The summed E-state index contributed by atoms with van der Waals surface area (Å²) in [4.78, 5) is 25.1. The number of anilines is 1. The highest BCUT2D eigenvalue weighted by molar-refractivity contribution is 7.92. The number of rotatable bonds is 9. The maximum absolute atomic E-state index is 13.0. The number of sulfonamides is 1. The summed E-state index contributed by atoms with van der Waals surface area (Å²) < 4.78 is 44.5. The van der Waals surface area contributed by atoms with Gasteiger partial charge in [-0.1, -0.05) is 45.4 Å². The number of hydrogen-bond donors (Lipinski definition) is 1. The number of hydrogen-bond acceptors (Lipinski definition) is 7. The molecule has 3 rings (SSSR count). The van der Waals surface area contributed by atoms with Crippen LogP contribution in [0.4, 0.5) is 5.69 Å². The summed E-state index contributed by atoms with van der Waals surface area (Å²) in [5.41, 5.74) is 0.840. The van der Waals surface area contributed by atoms with Gasteiger partial charge in [-0.05, 0) is 67.3 Å². The van der Waals surface area contributed by atoms with Crippen molar-refractivity contribution in [3.05, 3.63) is 53.6 Å². The van der Waals surface area contributed by atoms with Gasteiger partial charge in [0.1, 0.15) is 11.9 Å². The van der Waals surface area contributed by atoms with Crippen molar-refractivity contribution in [1.82, 2.24) is 0 Å². The third-order valence-corrected chi connectivity index (χ3v) is 8.02. The first-order valence-electron chi connectivity index (χ1n) is 12.1. The first kappa shape index (κ1) is 27.5. The summed E-state index contributed by atoms with van der Waals surface area (Å²) in [6.07, 6.45) is 2.70. The Morgan fingerprint density at radius 2 is 1.83 bits per heavy atom. The van der Waals surface area contributed by atoms with Gasteiger partial charge < -0.3 is 14.2 Å². The van der Waals surface area contributed by atoms with Crippen LogP contribution in [0.25, 0.3) is 0 Å². The predicted octanol–water partition coefficient (Wildman–Crippen LogP) is 4.97. The fraction of sp³-hybridized carbons (Fsp3) is 0.481. The summed E-state index contributed by atoms with van der Waals surface area (Å²) in [6.45, 7) is 7.51. The zero-order valence-corrected chi connectivity index (χ0v) is 22.3. The molecule has 36 heavy (non-hydrogen) atoms. The van der Waals surface area contributed by atoms with E-state index in [1.165, 1.54) is 25.3 Å². The maximum atomic E-state index is 13.0. The number of carbonyl (C=O) groups is 2. The lowest BCUT2D eigenvalue weighted by Crippen LogP contribution is -2.36. The number of benzene rings is 2. The minimum atomic E-state index is -4.02. The van der Waals surface area contributed by atoms with Crippen molar-refractivity contribution >= 4 is 27.6 Å². The van der Waals surface area contributed by atoms with Crippen molar-refractivity contribution in [3.63, 3.8) is 0 Å². The molecule has 9 heteroatoms. The molecule has 0 saturated heterocycles. The quantitative estimate of drug-likeness (QED) is 0.468. The highest BCUT2D eigenvalue weighted by Gasteiger charge is 2.33. The van der Waals surface area contributed by atoms with Gasteiger partial charge in [0.05, 0.1) is 23.3 Å². The Balaban J connectivity index is 1.68. The number of esters is 2. The number of para-hydroxylation sites is 2. The standard InChI is InChI=1S/C27H35NO7S/c1-17(2)21-13-10-18(3)14-25(21)35-26(29)16-34-27(30)22-15-20(12-11-19(22)4)36(31,32)28-23-8-6-7-9-24(23)33-5/h6-9,11-12,15,17-18,21,25,28H,10,13-14,16H2,1-5H3/t18-,21-,25-/m1/s1. The lowest BCUT2D eigenvalue weighted by Gasteiger charge is -2.36. The molecule has 0 aliphatic heterocycles. The van der Waals surface area contributed by atoms with E-state index in [-0.39, 0.29) is 28.2 Å². The van der Waals surface area contributed by atoms with Crippen LogP contribution in [0.15, 0.2) is 47.4 Å². The van der Waals surface area contributed by atoms with E-state index < -0.39 is 28.6 Å². The number of nitrogens with one attached hydrogen (secondary N) is 1. The van der Waals surface area contributed by atoms with E-state index in [1.54, 1.807) is 31.2 Å². The molecule has 0 aromatic heterocycles. The van der Waals surface area contributed by atoms with Gasteiger partial charge in [0.2, 0.25) is 0 Å². The molecule has 3 atom stereocenters. The minimum Gasteiger partial charge on any atom is -0.495 e. The molecule has 0 radical (unpaired) electrons. The van der Waals surface area contributed by atoms with E-state index >= 15 is 0 Å². The summed E-state index contributed by atoms with van der Waals surface area (Å²) in [5.74, 6) is 0.0921. The molecule has 0 unspecified atom stereocenters. The molecular weight excluding hydrogens is 482 g/mol. The largest absolute Gasteiger partial charge is 0.495 e. The summed E-state index contributed by atoms with van der Waals surface area (Å²) >= 11 is 0. The van der Waals surface area contributed by atoms with Crippen LogP contribution in [0.5, 0.6) is 5.75 Å². The van der Waals surface area contributed by atoms with Crippen LogP contribution < -0.4 is 9.46 Å². The Morgan fingerprint density at radius 3 is 2.53 bits per heavy atom. The number of ether oxygens (including phenoxy) is 3. The number of carbonyl (C=O) groups excluding carboxylic acids is 2. The van der Waals surface area contributed by atoms with Crippen molar-refractivity contribution < 1.29 is 32.2 Å². The second kappa shape index (κ2) is 11.8. The molecule has 1 fully saturated rings. The van der Waals surface area contributed by atoms with Gasteiger partial charge >= 0.3 is 11.9 Å². The van der Waals surface area contributed by atoms with Crippen molar-refractivity contribution in [3.8, 4) is 5.75 Å². The van der Waals surface area contributed by atoms with E-state index in [1.807, 2.05) is 0 Å². The van der Waals surface area contributed by atoms with Gasteiger partial charge in [-0.3, -0.25) is 4.72 Å². The molecule has 0 heterocycles. The lowest BCUT2D eigenvalue weighted by atomic mass is 9.75. The fourth-order valence-electron chi connectivity index (χ4n) is 4.58. The zero-order chi connectivity index (χ0) is 26.5. The van der Waals surface area contributed by atoms with Crippen molar-refractivity contribution in [2.45, 2.75) is 58.0 Å². The molecule has 1 N–H and O–H groups in total. The maximum Gasteiger partial charge on any atom is 0.344 e. The molecule has 0 bridgehead atoms. The van der Waals surface area contributed by atoms with E-state index in [0.29, 0.717) is 23.1 Å². The highest BCUT2D eigenvalue weighted by Crippen LogP contribution is 2.35. The van der Waals surface area contributed by atoms with Crippen LogP contribution in [-0.2, 0) is 24.3 Å². The average Bonchev–Trinajstić information content (AvgIpc) is 2.82. The van der Waals surface area contributed by atoms with Gasteiger partial charge in [-0.25, -0.2) is 18.0 Å². The van der Waals surface area contributed by atoms with Gasteiger partial charge in [0, 0.05) is 0 Å². The Labute approximate surface area is 213 Å².